The first-order chi connectivity index (χ1) is 8.91. The zero-order chi connectivity index (χ0) is 14.2. The van der Waals surface area contributed by atoms with Gasteiger partial charge in [0, 0.05) is 23.6 Å². The molecule has 0 aromatic carbocycles. The van der Waals surface area contributed by atoms with Crippen LogP contribution in [0.15, 0.2) is 24.2 Å². The number of hydrogen-bond acceptors (Lipinski definition) is 5. The SMILES string of the molecule is C=C1NC(=O)C(C)=CN1[C@H]1CC(C)(CO)[C@@H](CO)O1. The molecule has 0 spiro atoms. The lowest BCUT2D eigenvalue weighted by atomic mass is 9.84. The number of nitrogens with zero attached hydrogens (tertiary/aromatic N) is 1. The second kappa shape index (κ2) is 4.96. The Balaban J connectivity index is 2.20. The Morgan fingerprint density at radius 1 is 1.63 bits per heavy atom. The van der Waals surface area contributed by atoms with Gasteiger partial charge in [0.25, 0.3) is 5.91 Å². The summed E-state index contributed by atoms with van der Waals surface area (Å²) in [5.41, 5.74) is 0.0669. The molecule has 19 heavy (non-hydrogen) atoms. The van der Waals surface area contributed by atoms with E-state index in [0.29, 0.717) is 17.8 Å². The van der Waals surface area contributed by atoms with Crippen LogP contribution >= 0.6 is 0 Å². The maximum absolute atomic E-state index is 11.5. The number of carbonyl (C=O) groups is 1. The first-order valence-corrected chi connectivity index (χ1v) is 6.25. The van der Waals surface area contributed by atoms with Crippen molar-refractivity contribution in [3.63, 3.8) is 0 Å². The molecule has 1 unspecified atom stereocenters. The molecule has 1 saturated heterocycles. The molecule has 0 bridgehead atoms. The highest BCUT2D eigenvalue weighted by Crippen LogP contribution is 2.40. The Morgan fingerprint density at radius 2 is 2.32 bits per heavy atom. The normalized spacial score (nSPS) is 35.4. The fraction of sp³-hybridized carbons (Fsp3) is 0.615. The summed E-state index contributed by atoms with van der Waals surface area (Å²) in [5.74, 6) is 0.266. The first kappa shape index (κ1) is 14.0. The Hall–Kier alpha value is -1.37. The third-order valence-corrected chi connectivity index (χ3v) is 3.84. The lowest BCUT2D eigenvalue weighted by Crippen LogP contribution is -2.42. The quantitative estimate of drug-likeness (QED) is 0.666. The van der Waals surface area contributed by atoms with E-state index in [1.165, 1.54) is 0 Å². The van der Waals surface area contributed by atoms with Gasteiger partial charge in [-0.2, -0.15) is 0 Å². The molecule has 3 atom stereocenters. The summed E-state index contributed by atoms with van der Waals surface area (Å²) in [6.07, 6.45) is 1.45. The Kier molecular flexibility index (Phi) is 3.66. The second-order valence-electron chi connectivity index (χ2n) is 5.40. The van der Waals surface area contributed by atoms with Crippen LogP contribution < -0.4 is 5.32 Å². The van der Waals surface area contributed by atoms with Gasteiger partial charge in [-0.05, 0) is 6.92 Å². The molecule has 0 aromatic heterocycles. The van der Waals surface area contributed by atoms with Gasteiger partial charge in [-0.15, -0.1) is 0 Å². The van der Waals surface area contributed by atoms with Crippen LogP contribution in [0.4, 0.5) is 0 Å². The molecule has 6 nitrogen and oxygen atoms in total. The van der Waals surface area contributed by atoms with Crippen molar-refractivity contribution in [2.45, 2.75) is 32.6 Å². The van der Waals surface area contributed by atoms with E-state index in [-0.39, 0.29) is 25.3 Å². The molecule has 2 aliphatic rings. The Morgan fingerprint density at radius 3 is 2.84 bits per heavy atom. The van der Waals surface area contributed by atoms with Crippen molar-refractivity contribution in [3.05, 3.63) is 24.2 Å². The summed E-state index contributed by atoms with van der Waals surface area (Å²) < 4.78 is 5.77. The highest BCUT2D eigenvalue weighted by atomic mass is 16.5. The van der Waals surface area contributed by atoms with Crippen molar-refractivity contribution in [2.75, 3.05) is 13.2 Å². The molecule has 6 heteroatoms. The maximum atomic E-state index is 11.5. The fourth-order valence-corrected chi connectivity index (χ4v) is 2.42. The number of aliphatic hydroxyl groups is 2. The minimum Gasteiger partial charge on any atom is -0.396 e. The molecule has 106 valence electrons. The summed E-state index contributed by atoms with van der Waals surface area (Å²) in [4.78, 5) is 13.2. The van der Waals surface area contributed by atoms with Crippen molar-refractivity contribution >= 4 is 5.91 Å². The minimum atomic E-state index is -0.497. The van der Waals surface area contributed by atoms with Gasteiger partial charge in [0.15, 0.2) is 0 Å². The molecule has 0 aliphatic carbocycles. The fourth-order valence-electron chi connectivity index (χ4n) is 2.42. The number of aliphatic hydroxyl groups excluding tert-OH is 2. The Labute approximate surface area is 112 Å². The zero-order valence-corrected chi connectivity index (χ0v) is 11.2. The van der Waals surface area contributed by atoms with E-state index < -0.39 is 11.5 Å². The van der Waals surface area contributed by atoms with Crippen LogP contribution in [-0.2, 0) is 9.53 Å². The number of hydrogen-bond donors (Lipinski definition) is 3. The molecular formula is C13H20N2O4. The Bertz CT molecular complexity index is 434. The first-order valence-electron chi connectivity index (χ1n) is 6.25. The largest absolute Gasteiger partial charge is 0.396 e. The molecule has 2 aliphatic heterocycles. The van der Waals surface area contributed by atoms with Crippen LogP contribution in [0.5, 0.6) is 0 Å². The highest BCUT2D eigenvalue weighted by molar-refractivity contribution is 5.94. The van der Waals surface area contributed by atoms with Crippen LogP contribution in [0.1, 0.15) is 20.3 Å². The third-order valence-electron chi connectivity index (χ3n) is 3.84. The summed E-state index contributed by atoms with van der Waals surface area (Å²) >= 11 is 0. The monoisotopic (exact) mass is 268 g/mol. The maximum Gasteiger partial charge on any atom is 0.253 e. The van der Waals surface area contributed by atoms with Crippen LogP contribution in [0.25, 0.3) is 0 Å². The summed E-state index contributed by atoms with van der Waals surface area (Å²) in [5, 5.41) is 21.5. The average molecular weight is 268 g/mol. The van der Waals surface area contributed by atoms with E-state index in [2.05, 4.69) is 11.9 Å². The van der Waals surface area contributed by atoms with Gasteiger partial charge < -0.3 is 25.2 Å². The molecule has 1 amide bonds. The van der Waals surface area contributed by atoms with Crippen molar-refractivity contribution < 1.29 is 19.7 Å². The van der Waals surface area contributed by atoms with Crippen LogP contribution in [0.3, 0.4) is 0 Å². The van der Waals surface area contributed by atoms with Crippen molar-refractivity contribution in [3.8, 4) is 0 Å². The van der Waals surface area contributed by atoms with Crippen LogP contribution in [0, 0.1) is 5.41 Å². The summed E-state index contributed by atoms with van der Waals surface area (Å²) in [6, 6.07) is 0. The number of ether oxygens (including phenoxy) is 1. The van der Waals surface area contributed by atoms with E-state index in [4.69, 9.17) is 4.74 Å². The highest BCUT2D eigenvalue weighted by Gasteiger charge is 2.47. The van der Waals surface area contributed by atoms with Crippen LogP contribution in [-0.4, -0.2) is 46.6 Å². The standard InChI is InChI=1S/C13H20N2O4/c1-8-5-15(9(2)14-12(8)18)11-4-13(3,7-17)10(6-16)19-11/h5,10-11,16-17H,2,4,6-7H2,1,3H3,(H,14,18)/t10-,11-,13?/m1/s1. The van der Waals surface area contributed by atoms with Gasteiger partial charge in [-0.25, -0.2) is 0 Å². The van der Waals surface area contributed by atoms with Crippen molar-refractivity contribution in [2.24, 2.45) is 5.41 Å². The number of amides is 1. The minimum absolute atomic E-state index is 0.0654. The predicted molar refractivity (Wildman–Crippen MR) is 68.4 cm³/mol. The molecule has 2 rings (SSSR count). The second-order valence-corrected chi connectivity index (χ2v) is 5.40. The van der Waals surface area contributed by atoms with Crippen molar-refractivity contribution in [1.82, 2.24) is 10.2 Å². The topological polar surface area (TPSA) is 82.0 Å². The van der Waals surface area contributed by atoms with E-state index >= 15 is 0 Å². The van der Waals surface area contributed by atoms with Gasteiger partial charge in [-0.3, -0.25) is 4.79 Å². The molecule has 2 heterocycles. The van der Waals surface area contributed by atoms with E-state index in [0.717, 1.165) is 0 Å². The van der Waals surface area contributed by atoms with Crippen LogP contribution in [0.2, 0.25) is 0 Å². The molecule has 3 N–H and O–H groups in total. The summed E-state index contributed by atoms with van der Waals surface area (Å²) in [6.45, 7) is 7.16. The number of nitrogens with one attached hydrogen (secondary N) is 1. The number of rotatable bonds is 3. The molecule has 1 fully saturated rings. The van der Waals surface area contributed by atoms with Gasteiger partial charge in [-0.1, -0.05) is 13.5 Å². The lowest BCUT2D eigenvalue weighted by Gasteiger charge is -2.32. The van der Waals surface area contributed by atoms with Gasteiger partial charge in [0.05, 0.1) is 19.3 Å². The average Bonchev–Trinajstić information content (AvgIpc) is 2.71. The van der Waals surface area contributed by atoms with E-state index in [9.17, 15) is 15.0 Å². The molecule has 0 aromatic rings. The predicted octanol–water partition coefficient (Wildman–Crippen LogP) is -0.101. The van der Waals surface area contributed by atoms with E-state index in [1.807, 2.05) is 6.92 Å². The van der Waals surface area contributed by atoms with Gasteiger partial charge in [0.1, 0.15) is 12.0 Å². The van der Waals surface area contributed by atoms with Gasteiger partial charge in [0.2, 0.25) is 0 Å². The zero-order valence-electron chi connectivity index (χ0n) is 11.2. The van der Waals surface area contributed by atoms with Crippen molar-refractivity contribution in [1.29, 1.82) is 0 Å². The van der Waals surface area contributed by atoms with E-state index in [1.54, 1.807) is 18.0 Å². The third kappa shape index (κ3) is 2.39. The molecular weight excluding hydrogens is 248 g/mol. The molecule has 0 radical (unpaired) electrons. The van der Waals surface area contributed by atoms with Gasteiger partial charge >= 0.3 is 0 Å². The number of carbonyl (C=O) groups excluding carboxylic acids is 1. The lowest BCUT2D eigenvalue weighted by molar-refractivity contribution is -0.118. The molecule has 0 saturated carbocycles. The summed E-state index contributed by atoms with van der Waals surface area (Å²) in [7, 11) is 0. The smallest absolute Gasteiger partial charge is 0.253 e.